The number of aryl methyl sites for hydroxylation is 1. The zero-order valence-corrected chi connectivity index (χ0v) is 14.3. The van der Waals surface area contributed by atoms with E-state index in [2.05, 4.69) is 58.1 Å². The van der Waals surface area contributed by atoms with Gasteiger partial charge in [0, 0.05) is 28.3 Å². The Morgan fingerprint density at radius 3 is 3.05 bits per heavy atom. The Hall–Kier alpha value is -0.940. The number of nitrogens with one attached hydrogen (secondary N) is 1. The van der Waals surface area contributed by atoms with Gasteiger partial charge in [-0.25, -0.2) is 4.98 Å². The maximum absolute atomic E-state index is 4.81. The fourth-order valence-corrected chi connectivity index (χ4v) is 3.93. The number of fused-ring (bicyclic) bond motifs is 1. The molecule has 0 amide bonds. The predicted molar refractivity (Wildman–Crippen MR) is 88.0 cm³/mol. The van der Waals surface area contributed by atoms with Gasteiger partial charge in [-0.2, -0.15) is 0 Å². The van der Waals surface area contributed by atoms with Crippen molar-refractivity contribution in [2.75, 3.05) is 6.54 Å². The topological polar surface area (TPSA) is 41.0 Å². The number of hydrogen-bond acceptors (Lipinski definition) is 3. The summed E-state index contributed by atoms with van der Waals surface area (Å²) in [6.07, 6.45) is 3.29. The molecule has 1 N–H and O–H groups in total. The normalized spacial score (nSPS) is 17.8. The highest BCUT2D eigenvalue weighted by molar-refractivity contribution is 9.09. The van der Waals surface area contributed by atoms with Crippen LogP contribution in [0.1, 0.15) is 24.5 Å². The summed E-state index contributed by atoms with van der Waals surface area (Å²) in [5.74, 6) is 0.642. The molecule has 0 radical (unpaired) electrons. The molecule has 5 heteroatoms. The van der Waals surface area contributed by atoms with Gasteiger partial charge in [-0.1, -0.05) is 35.9 Å². The second-order valence-corrected chi connectivity index (χ2v) is 7.75. The average Bonchev–Trinajstić information content (AvgIpc) is 2.91. The number of thiazole rings is 1. The molecule has 1 unspecified atom stereocenters. The van der Waals surface area contributed by atoms with Gasteiger partial charge in [0.25, 0.3) is 0 Å². The molecule has 0 aliphatic carbocycles. The second-order valence-electron chi connectivity index (χ2n) is 5.64. The van der Waals surface area contributed by atoms with Crippen molar-refractivity contribution in [3.05, 3.63) is 26.8 Å². The Balaban J connectivity index is 2.10. The van der Waals surface area contributed by atoms with Crippen LogP contribution < -0.4 is 10.7 Å². The Bertz CT molecular complexity index is 742. The first-order chi connectivity index (χ1) is 9.54. The van der Waals surface area contributed by atoms with Crippen LogP contribution in [-0.2, 0) is 6.42 Å². The van der Waals surface area contributed by atoms with Crippen LogP contribution in [0.5, 0.6) is 0 Å². The molecule has 3 heterocycles. The molecule has 3 nitrogen and oxygen atoms in total. The minimum absolute atomic E-state index is 0.317. The Morgan fingerprint density at radius 2 is 2.30 bits per heavy atom. The van der Waals surface area contributed by atoms with E-state index in [0.29, 0.717) is 10.7 Å². The summed E-state index contributed by atoms with van der Waals surface area (Å²) in [6, 6.07) is 0. The maximum atomic E-state index is 4.81. The van der Waals surface area contributed by atoms with E-state index >= 15 is 0 Å². The van der Waals surface area contributed by atoms with Crippen molar-refractivity contribution in [1.82, 2.24) is 9.97 Å². The van der Waals surface area contributed by atoms with E-state index in [9.17, 15) is 0 Å². The molecule has 0 saturated carbocycles. The lowest BCUT2D eigenvalue weighted by molar-refractivity contribution is 0.645. The van der Waals surface area contributed by atoms with Crippen molar-refractivity contribution in [3.8, 4) is 11.3 Å². The van der Waals surface area contributed by atoms with E-state index < -0.39 is 0 Å². The number of halogens is 1. The molecule has 20 heavy (non-hydrogen) atoms. The van der Waals surface area contributed by atoms with Crippen LogP contribution in [0.4, 0.5) is 0 Å². The molecular weight excluding hydrogens is 334 g/mol. The molecule has 0 spiro atoms. The fraction of sp³-hybridized carbons (Fsp3) is 0.467. The third kappa shape index (κ3) is 2.61. The molecule has 0 aromatic carbocycles. The number of H-pyrrole nitrogens is 1. The first-order valence-corrected chi connectivity index (χ1v) is 8.68. The minimum atomic E-state index is 0.317. The van der Waals surface area contributed by atoms with E-state index in [-0.39, 0.29) is 0 Å². The van der Waals surface area contributed by atoms with Gasteiger partial charge in [-0.05, 0) is 12.8 Å². The lowest BCUT2D eigenvalue weighted by Gasteiger charge is -2.03. The number of aromatic nitrogens is 2. The zero-order valence-electron chi connectivity index (χ0n) is 11.9. The van der Waals surface area contributed by atoms with Crippen LogP contribution in [0.15, 0.2) is 10.4 Å². The second kappa shape index (κ2) is 5.45. The maximum Gasteiger partial charge on any atom is 0.133 e. The van der Waals surface area contributed by atoms with Gasteiger partial charge in [0.15, 0.2) is 0 Å². The van der Waals surface area contributed by atoms with Gasteiger partial charge in [-0.15, -0.1) is 11.3 Å². The first-order valence-electron chi connectivity index (χ1n) is 6.88. The zero-order chi connectivity index (χ0) is 14.3. The molecule has 3 rings (SSSR count). The van der Waals surface area contributed by atoms with Gasteiger partial charge in [0.05, 0.1) is 22.1 Å². The molecule has 0 fully saturated rings. The highest BCUT2D eigenvalue weighted by Crippen LogP contribution is 2.23. The number of aromatic amines is 1. The van der Waals surface area contributed by atoms with Crippen LogP contribution in [0.3, 0.4) is 0 Å². The SMILES string of the molecule is Cc1[nH]c2c(c1-c1csc(CC(C)C)n1)=CC(Br)CN=2. The average molecular weight is 352 g/mol. The summed E-state index contributed by atoms with van der Waals surface area (Å²) < 4.78 is 0. The third-order valence-electron chi connectivity index (χ3n) is 3.37. The lowest BCUT2D eigenvalue weighted by atomic mass is 10.1. The molecule has 106 valence electrons. The van der Waals surface area contributed by atoms with Crippen LogP contribution in [0, 0.1) is 12.8 Å². The van der Waals surface area contributed by atoms with Crippen LogP contribution >= 0.6 is 27.3 Å². The van der Waals surface area contributed by atoms with Crippen molar-refractivity contribution < 1.29 is 0 Å². The lowest BCUT2D eigenvalue weighted by Crippen LogP contribution is -2.31. The molecule has 1 aliphatic heterocycles. The Kier molecular flexibility index (Phi) is 3.82. The van der Waals surface area contributed by atoms with Gasteiger partial charge in [0.2, 0.25) is 0 Å². The van der Waals surface area contributed by atoms with Gasteiger partial charge < -0.3 is 4.98 Å². The smallest absolute Gasteiger partial charge is 0.133 e. The van der Waals surface area contributed by atoms with E-state index in [1.54, 1.807) is 11.3 Å². The summed E-state index contributed by atoms with van der Waals surface area (Å²) in [5, 5.41) is 4.57. The summed E-state index contributed by atoms with van der Waals surface area (Å²) >= 11 is 5.39. The predicted octanol–water partition coefficient (Wildman–Crippen LogP) is 2.82. The Labute approximate surface area is 131 Å². The molecule has 0 bridgehead atoms. The summed E-state index contributed by atoms with van der Waals surface area (Å²) in [5.41, 5.74) is 4.43. The van der Waals surface area contributed by atoms with Crippen LogP contribution in [0.25, 0.3) is 17.3 Å². The summed E-state index contributed by atoms with van der Waals surface area (Å²) in [6.45, 7) is 7.35. The highest BCUT2D eigenvalue weighted by atomic mass is 79.9. The Morgan fingerprint density at radius 1 is 1.50 bits per heavy atom. The van der Waals surface area contributed by atoms with Crippen molar-refractivity contribution >= 4 is 33.3 Å². The van der Waals surface area contributed by atoms with Crippen LogP contribution in [-0.4, -0.2) is 21.3 Å². The molecule has 0 saturated heterocycles. The van der Waals surface area contributed by atoms with E-state index in [1.807, 2.05) is 0 Å². The van der Waals surface area contributed by atoms with Crippen molar-refractivity contribution in [3.63, 3.8) is 0 Å². The van der Waals surface area contributed by atoms with Gasteiger partial charge in [0.1, 0.15) is 5.49 Å². The van der Waals surface area contributed by atoms with Gasteiger partial charge in [-0.3, -0.25) is 4.99 Å². The van der Waals surface area contributed by atoms with Crippen molar-refractivity contribution in [1.29, 1.82) is 0 Å². The molecule has 2 aromatic rings. The van der Waals surface area contributed by atoms with E-state index in [1.165, 1.54) is 15.8 Å². The van der Waals surface area contributed by atoms with Crippen LogP contribution in [0.2, 0.25) is 0 Å². The molecule has 2 aromatic heterocycles. The van der Waals surface area contributed by atoms with Crippen molar-refractivity contribution in [2.24, 2.45) is 10.9 Å². The summed E-state index contributed by atoms with van der Waals surface area (Å²) in [4.78, 5) is 13.1. The first kappa shape index (κ1) is 14.0. The molecule has 1 aliphatic rings. The largest absolute Gasteiger partial charge is 0.343 e. The standard InChI is InChI=1S/C15H18BrN3S/c1-8(2)4-13-19-12(7-20-13)14-9(3)18-15-11(14)5-10(16)6-17-15/h5,7-8,10H,4,6H2,1-3H3,(H,17,18). The van der Waals surface area contributed by atoms with Crippen molar-refractivity contribution in [2.45, 2.75) is 32.0 Å². The fourth-order valence-electron chi connectivity index (χ4n) is 2.53. The quantitative estimate of drug-likeness (QED) is 0.848. The van der Waals surface area contributed by atoms with Gasteiger partial charge >= 0.3 is 0 Å². The number of alkyl halides is 1. The summed E-state index contributed by atoms with van der Waals surface area (Å²) in [7, 11) is 0. The number of rotatable bonds is 3. The van der Waals surface area contributed by atoms with E-state index in [4.69, 9.17) is 4.98 Å². The van der Waals surface area contributed by atoms with E-state index in [0.717, 1.165) is 29.8 Å². The highest BCUT2D eigenvalue weighted by Gasteiger charge is 2.16. The minimum Gasteiger partial charge on any atom is -0.343 e. The molecular formula is C15H18BrN3S. The third-order valence-corrected chi connectivity index (χ3v) is 4.79. The number of nitrogens with zero attached hydrogens (tertiary/aromatic N) is 2. The number of hydrogen-bond donors (Lipinski definition) is 1. The monoisotopic (exact) mass is 351 g/mol. The molecule has 1 atom stereocenters.